The van der Waals surface area contributed by atoms with Gasteiger partial charge in [-0.2, -0.15) is 0 Å². The summed E-state index contributed by atoms with van der Waals surface area (Å²) < 4.78 is 0. The summed E-state index contributed by atoms with van der Waals surface area (Å²) in [6, 6.07) is -3.37. The molecular formula is C37H57N7O6. The van der Waals surface area contributed by atoms with Crippen molar-refractivity contribution in [3.8, 4) is 0 Å². The van der Waals surface area contributed by atoms with E-state index < -0.39 is 53.4 Å². The lowest BCUT2D eigenvalue weighted by Crippen LogP contribution is -2.62. The Morgan fingerprint density at radius 3 is 2.30 bits per heavy atom. The van der Waals surface area contributed by atoms with Gasteiger partial charge in [-0.15, -0.1) is 0 Å². The van der Waals surface area contributed by atoms with Crippen molar-refractivity contribution in [1.29, 1.82) is 0 Å². The van der Waals surface area contributed by atoms with Gasteiger partial charge in [0.05, 0.1) is 12.2 Å². The van der Waals surface area contributed by atoms with Crippen LogP contribution in [0.4, 0.5) is 0 Å². The molecule has 1 aromatic heterocycles. The smallest absolute Gasteiger partial charge is 0.272 e. The van der Waals surface area contributed by atoms with Crippen molar-refractivity contribution >= 4 is 29.5 Å². The molecule has 5 amide bonds. The maximum absolute atomic E-state index is 14.6. The highest BCUT2D eigenvalue weighted by molar-refractivity contribution is 5.98. The van der Waals surface area contributed by atoms with Gasteiger partial charge in [0, 0.05) is 25.0 Å². The summed E-state index contributed by atoms with van der Waals surface area (Å²) >= 11 is 0. The van der Waals surface area contributed by atoms with E-state index in [9.17, 15) is 29.1 Å². The summed E-state index contributed by atoms with van der Waals surface area (Å²) in [7, 11) is 0. The van der Waals surface area contributed by atoms with Crippen molar-refractivity contribution in [2.24, 2.45) is 23.2 Å². The van der Waals surface area contributed by atoms with Gasteiger partial charge in [0.1, 0.15) is 23.8 Å². The summed E-state index contributed by atoms with van der Waals surface area (Å²) in [5.41, 5.74) is -0.621. The standard InChI is InChI=1S/C37H57N7O6/c1-5-10-26(30(45)35(49)40-24-15-16-24)41-34(48)29-25-14-9-13-23(25)21-44(29)36(50)31(37(2,3)4)43-32(46)27(19-22-11-7-6-8-12-22)42-33(47)28-20-38-17-18-39-28/h17-18,20,22-27,29-31,45H,5-16,19,21H2,1-4H3,(H,40,49)(H,41,48)(H,42,47)(H,43,46)/t23-,25-,26-,27-,29-,30?,31+/m0/s1. The number of likely N-dealkylation sites (tertiary alicyclic amines) is 1. The average Bonchev–Trinajstić information content (AvgIpc) is 3.66. The molecule has 13 nitrogen and oxygen atoms in total. The fourth-order valence-electron chi connectivity index (χ4n) is 8.15. The highest BCUT2D eigenvalue weighted by Crippen LogP contribution is 2.43. The zero-order valence-electron chi connectivity index (χ0n) is 30.2. The number of nitrogens with one attached hydrogen (secondary N) is 4. The monoisotopic (exact) mass is 695 g/mol. The molecule has 0 radical (unpaired) electrons. The molecule has 4 aliphatic rings. The number of amides is 5. The molecule has 13 heteroatoms. The van der Waals surface area contributed by atoms with Gasteiger partial charge in [0.15, 0.2) is 6.10 Å². The molecule has 1 unspecified atom stereocenters. The Hall–Kier alpha value is -3.61. The normalized spacial score (nSPS) is 24.7. The van der Waals surface area contributed by atoms with Crippen LogP contribution in [0, 0.1) is 23.2 Å². The van der Waals surface area contributed by atoms with Crippen molar-refractivity contribution in [3.63, 3.8) is 0 Å². The van der Waals surface area contributed by atoms with Crippen LogP contribution in [0.15, 0.2) is 18.6 Å². The Balaban J connectivity index is 1.34. The second-order valence-electron chi connectivity index (χ2n) is 16.1. The molecule has 1 aromatic rings. The number of hydrogen-bond donors (Lipinski definition) is 5. The minimum Gasteiger partial charge on any atom is -0.381 e. The largest absolute Gasteiger partial charge is 0.381 e. The van der Waals surface area contributed by atoms with Crippen LogP contribution in [0.3, 0.4) is 0 Å². The molecule has 2 heterocycles. The summed E-state index contributed by atoms with van der Waals surface area (Å²) in [5.74, 6) is -1.83. The lowest BCUT2D eigenvalue weighted by Gasteiger charge is -2.37. The molecule has 276 valence electrons. The molecule has 1 saturated heterocycles. The molecule has 50 heavy (non-hydrogen) atoms. The van der Waals surface area contributed by atoms with Crippen LogP contribution in [0.5, 0.6) is 0 Å². The topological polar surface area (TPSA) is 183 Å². The molecule has 5 N–H and O–H groups in total. The molecule has 3 saturated carbocycles. The Kier molecular flexibility index (Phi) is 12.5. The van der Waals surface area contributed by atoms with Gasteiger partial charge in [-0.3, -0.25) is 29.0 Å². The molecule has 1 aliphatic heterocycles. The minimum absolute atomic E-state index is 0.0553. The predicted octanol–water partition coefficient (Wildman–Crippen LogP) is 2.63. The first-order valence-corrected chi connectivity index (χ1v) is 18.8. The molecule has 5 rings (SSSR count). The Morgan fingerprint density at radius 1 is 0.920 bits per heavy atom. The summed E-state index contributed by atoms with van der Waals surface area (Å²) in [5, 5.41) is 22.6. The second kappa shape index (κ2) is 16.6. The van der Waals surface area contributed by atoms with Crippen LogP contribution in [0.2, 0.25) is 0 Å². The molecular weight excluding hydrogens is 638 g/mol. The summed E-state index contributed by atoms with van der Waals surface area (Å²) in [6.07, 6.45) is 14.0. The van der Waals surface area contributed by atoms with Gasteiger partial charge in [-0.25, -0.2) is 4.98 Å². The Morgan fingerprint density at radius 2 is 1.66 bits per heavy atom. The average molecular weight is 696 g/mol. The quantitative estimate of drug-likeness (QED) is 0.197. The molecule has 7 atom stereocenters. The predicted molar refractivity (Wildman–Crippen MR) is 186 cm³/mol. The number of rotatable bonds is 14. The number of aromatic nitrogens is 2. The number of carbonyl (C=O) groups excluding carboxylic acids is 5. The SMILES string of the molecule is CCC[C@H](NC(=O)[C@@H]1[C@H]2CCC[C@H]2CN1C(=O)[C@@H](NC(=O)[C@H](CC1CCCCC1)NC(=O)c1cnccn1)C(C)(C)C)C(O)C(=O)NC1CC1. The fourth-order valence-corrected chi connectivity index (χ4v) is 8.15. The number of aliphatic hydroxyl groups excluding tert-OH is 1. The van der Waals surface area contributed by atoms with Crippen molar-refractivity contribution in [2.45, 2.75) is 147 Å². The highest BCUT2D eigenvalue weighted by atomic mass is 16.3. The van der Waals surface area contributed by atoms with E-state index in [1.54, 1.807) is 4.90 Å². The van der Waals surface area contributed by atoms with Crippen LogP contribution in [-0.4, -0.2) is 92.4 Å². The molecule has 3 aliphatic carbocycles. The molecule has 0 spiro atoms. The van der Waals surface area contributed by atoms with Gasteiger partial charge in [0.2, 0.25) is 17.7 Å². The number of carbonyl (C=O) groups is 5. The number of hydrogen-bond acceptors (Lipinski definition) is 8. The zero-order chi connectivity index (χ0) is 36.0. The first kappa shape index (κ1) is 37.6. The second-order valence-corrected chi connectivity index (χ2v) is 16.1. The van der Waals surface area contributed by atoms with Gasteiger partial charge in [0.25, 0.3) is 11.8 Å². The molecule has 0 bridgehead atoms. The first-order valence-electron chi connectivity index (χ1n) is 18.8. The van der Waals surface area contributed by atoms with Crippen LogP contribution >= 0.6 is 0 Å². The van der Waals surface area contributed by atoms with Crippen LogP contribution in [-0.2, 0) is 19.2 Å². The molecule has 0 aromatic carbocycles. The Bertz CT molecular complexity index is 1360. The minimum atomic E-state index is -1.40. The van der Waals surface area contributed by atoms with E-state index in [4.69, 9.17) is 0 Å². The fraction of sp³-hybridized carbons (Fsp3) is 0.757. The van der Waals surface area contributed by atoms with E-state index in [2.05, 4.69) is 31.2 Å². The number of aliphatic hydroxyl groups is 1. The van der Waals surface area contributed by atoms with Crippen LogP contribution in [0.25, 0.3) is 0 Å². The van der Waals surface area contributed by atoms with Crippen molar-refractivity contribution in [3.05, 3.63) is 24.3 Å². The van der Waals surface area contributed by atoms with E-state index in [0.717, 1.165) is 64.2 Å². The van der Waals surface area contributed by atoms with E-state index in [0.29, 0.717) is 25.8 Å². The maximum atomic E-state index is 14.6. The van der Waals surface area contributed by atoms with Crippen LogP contribution in [0.1, 0.15) is 122 Å². The number of fused-ring (bicyclic) bond motifs is 1. The highest BCUT2D eigenvalue weighted by Gasteiger charge is 2.52. The van der Waals surface area contributed by atoms with Crippen LogP contribution < -0.4 is 21.3 Å². The molecule has 4 fully saturated rings. The van der Waals surface area contributed by atoms with Gasteiger partial charge in [-0.05, 0) is 61.7 Å². The van der Waals surface area contributed by atoms with Gasteiger partial charge in [-0.1, -0.05) is 72.6 Å². The van der Waals surface area contributed by atoms with E-state index in [1.807, 2.05) is 27.7 Å². The van der Waals surface area contributed by atoms with E-state index >= 15 is 0 Å². The van der Waals surface area contributed by atoms with E-state index in [1.165, 1.54) is 18.6 Å². The third kappa shape index (κ3) is 9.38. The van der Waals surface area contributed by atoms with Crippen molar-refractivity contribution in [1.82, 2.24) is 36.1 Å². The summed E-state index contributed by atoms with van der Waals surface area (Å²) in [4.78, 5) is 78.5. The zero-order valence-corrected chi connectivity index (χ0v) is 30.2. The third-order valence-corrected chi connectivity index (χ3v) is 11.1. The van der Waals surface area contributed by atoms with Crippen molar-refractivity contribution < 1.29 is 29.1 Å². The maximum Gasteiger partial charge on any atom is 0.272 e. The lowest BCUT2D eigenvalue weighted by molar-refractivity contribution is -0.145. The lowest BCUT2D eigenvalue weighted by atomic mass is 9.83. The third-order valence-electron chi connectivity index (χ3n) is 11.1. The summed E-state index contributed by atoms with van der Waals surface area (Å²) in [6.45, 7) is 7.95. The Labute approximate surface area is 295 Å². The van der Waals surface area contributed by atoms with Crippen molar-refractivity contribution in [2.75, 3.05) is 6.54 Å². The number of nitrogens with zero attached hydrogens (tertiary/aromatic N) is 3. The van der Waals surface area contributed by atoms with Gasteiger partial charge >= 0.3 is 0 Å². The van der Waals surface area contributed by atoms with Gasteiger partial charge < -0.3 is 31.3 Å². The van der Waals surface area contributed by atoms with E-state index in [-0.39, 0.29) is 41.3 Å². The first-order chi connectivity index (χ1) is 23.9.